The second-order valence-corrected chi connectivity index (χ2v) is 6.92. The number of quaternary nitrogens is 1. The average molecular weight is 358 g/mol. The smallest absolute Gasteiger partial charge is 0.275 e. The fourth-order valence-corrected chi connectivity index (χ4v) is 3.26. The van der Waals surface area contributed by atoms with Crippen LogP contribution in [0, 0.1) is 0 Å². The lowest BCUT2D eigenvalue weighted by Crippen LogP contribution is -3.11. The van der Waals surface area contributed by atoms with E-state index in [0.717, 1.165) is 21.9 Å². The molecule has 1 aromatic heterocycles. The summed E-state index contributed by atoms with van der Waals surface area (Å²) in [5, 5.41) is 6.24. The van der Waals surface area contributed by atoms with Crippen molar-refractivity contribution in [3.05, 3.63) is 56.2 Å². The zero-order chi connectivity index (χ0) is 15.9. The van der Waals surface area contributed by atoms with Crippen LogP contribution in [0.1, 0.15) is 17.4 Å². The minimum atomic E-state index is 0.0512. The second-order valence-electron chi connectivity index (χ2n) is 5.05. The number of hydrogen-bond donors (Lipinski definition) is 2. The summed E-state index contributed by atoms with van der Waals surface area (Å²) in [5.41, 5.74) is 1.01. The molecule has 0 aliphatic rings. The highest BCUT2D eigenvalue weighted by atomic mass is 35.5. The van der Waals surface area contributed by atoms with Crippen LogP contribution in [0.4, 0.5) is 0 Å². The van der Waals surface area contributed by atoms with Gasteiger partial charge in [0.15, 0.2) is 6.54 Å². The van der Waals surface area contributed by atoms with Gasteiger partial charge < -0.3 is 10.2 Å². The van der Waals surface area contributed by atoms with Crippen LogP contribution >= 0.6 is 34.5 Å². The molecule has 1 aromatic carbocycles. The molecule has 0 radical (unpaired) electrons. The number of benzene rings is 1. The Morgan fingerprint density at radius 1 is 1.32 bits per heavy atom. The lowest BCUT2D eigenvalue weighted by Gasteiger charge is -2.18. The van der Waals surface area contributed by atoms with Crippen molar-refractivity contribution < 1.29 is 9.69 Å². The van der Waals surface area contributed by atoms with Crippen molar-refractivity contribution in [2.75, 3.05) is 13.1 Å². The van der Waals surface area contributed by atoms with E-state index in [1.54, 1.807) is 17.4 Å². The van der Waals surface area contributed by atoms with Crippen molar-refractivity contribution in [3.63, 3.8) is 0 Å². The van der Waals surface area contributed by atoms with Crippen molar-refractivity contribution in [3.8, 4) is 0 Å². The maximum absolute atomic E-state index is 12.1. The normalized spacial score (nSPS) is 12.1. The predicted octanol–water partition coefficient (Wildman–Crippen LogP) is 2.78. The van der Waals surface area contributed by atoms with Crippen molar-refractivity contribution >= 4 is 40.4 Å². The van der Waals surface area contributed by atoms with Gasteiger partial charge in [0.1, 0.15) is 6.54 Å². The summed E-state index contributed by atoms with van der Waals surface area (Å²) in [7, 11) is 0. The minimum Gasteiger partial charge on any atom is -0.346 e. The molecule has 0 spiro atoms. The Hall–Kier alpha value is -1.07. The van der Waals surface area contributed by atoms with E-state index >= 15 is 0 Å². The quantitative estimate of drug-likeness (QED) is 0.784. The summed E-state index contributed by atoms with van der Waals surface area (Å²) in [6.45, 7) is 4.64. The first-order valence-corrected chi connectivity index (χ1v) is 8.78. The van der Waals surface area contributed by atoms with Crippen LogP contribution in [0.15, 0.2) is 35.7 Å². The van der Waals surface area contributed by atoms with Crippen LogP contribution in [-0.4, -0.2) is 19.0 Å². The summed E-state index contributed by atoms with van der Waals surface area (Å²) in [4.78, 5) is 14.4. The molecular formula is C16H19Cl2N2OS+. The van der Waals surface area contributed by atoms with E-state index in [0.29, 0.717) is 29.7 Å². The molecule has 0 saturated carbocycles. The van der Waals surface area contributed by atoms with E-state index in [1.165, 1.54) is 0 Å². The molecule has 2 aromatic rings. The van der Waals surface area contributed by atoms with Gasteiger partial charge in [-0.2, -0.15) is 0 Å². The lowest BCUT2D eigenvalue weighted by molar-refractivity contribution is -0.904. The van der Waals surface area contributed by atoms with Gasteiger partial charge in [-0.25, -0.2) is 0 Å². The first-order chi connectivity index (χ1) is 10.6. The first-order valence-electron chi connectivity index (χ1n) is 7.15. The highest BCUT2D eigenvalue weighted by molar-refractivity contribution is 7.09. The van der Waals surface area contributed by atoms with Crippen molar-refractivity contribution in [1.82, 2.24) is 5.32 Å². The van der Waals surface area contributed by atoms with Crippen LogP contribution in [0.5, 0.6) is 0 Å². The van der Waals surface area contributed by atoms with Crippen LogP contribution in [0.2, 0.25) is 10.0 Å². The van der Waals surface area contributed by atoms with Crippen LogP contribution in [0.25, 0.3) is 0 Å². The summed E-state index contributed by atoms with van der Waals surface area (Å²) < 4.78 is 0. The monoisotopic (exact) mass is 357 g/mol. The summed E-state index contributed by atoms with van der Waals surface area (Å²) in [5.74, 6) is 0.0512. The Balaban J connectivity index is 1.87. The molecule has 22 heavy (non-hydrogen) atoms. The molecule has 0 bridgehead atoms. The zero-order valence-electron chi connectivity index (χ0n) is 12.4. The van der Waals surface area contributed by atoms with Gasteiger partial charge in [-0.05, 0) is 30.5 Å². The molecule has 1 amide bonds. The van der Waals surface area contributed by atoms with Gasteiger partial charge in [0.05, 0.1) is 18.1 Å². The SMILES string of the molecule is CC[NH+](CC(=O)NCc1cccs1)Cc1ccc(Cl)cc1Cl. The van der Waals surface area contributed by atoms with E-state index in [2.05, 4.69) is 12.2 Å². The number of likely N-dealkylation sites (N-methyl/N-ethyl adjacent to an activating group) is 1. The van der Waals surface area contributed by atoms with Gasteiger partial charge >= 0.3 is 0 Å². The van der Waals surface area contributed by atoms with E-state index in [9.17, 15) is 4.79 Å². The Bertz CT molecular complexity index is 617. The molecular weight excluding hydrogens is 339 g/mol. The maximum Gasteiger partial charge on any atom is 0.275 e. The topological polar surface area (TPSA) is 33.5 Å². The largest absolute Gasteiger partial charge is 0.346 e. The van der Waals surface area contributed by atoms with Gasteiger partial charge in [-0.1, -0.05) is 35.3 Å². The first kappa shape index (κ1) is 17.3. The molecule has 6 heteroatoms. The minimum absolute atomic E-state index is 0.0512. The van der Waals surface area contributed by atoms with Crippen LogP contribution in [-0.2, 0) is 17.9 Å². The number of carbonyl (C=O) groups is 1. The van der Waals surface area contributed by atoms with Gasteiger partial charge in [0.2, 0.25) is 0 Å². The molecule has 0 saturated heterocycles. The van der Waals surface area contributed by atoms with Crippen LogP contribution in [0.3, 0.4) is 0 Å². The van der Waals surface area contributed by atoms with Crippen molar-refractivity contribution in [2.24, 2.45) is 0 Å². The standard InChI is InChI=1S/C16H18Cl2N2OS/c1-2-20(10-12-5-6-13(17)8-15(12)18)11-16(21)19-9-14-4-3-7-22-14/h3-8H,2,9-11H2,1H3,(H,19,21)/p+1. The third-order valence-corrected chi connectivity index (χ3v) is 4.87. The Morgan fingerprint density at radius 3 is 2.77 bits per heavy atom. The molecule has 118 valence electrons. The fraction of sp³-hybridized carbons (Fsp3) is 0.312. The third-order valence-electron chi connectivity index (χ3n) is 3.41. The lowest BCUT2D eigenvalue weighted by atomic mass is 10.2. The zero-order valence-corrected chi connectivity index (χ0v) is 14.7. The third kappa shape index (κ3) is 5.29. The molecule has 0 aliphatic carbocycles. The van der Waals surface area contributed by atoms with Crippen molar-refractivity contribution in [1.29, 1.82) is 0 Å². The molecule has 0 aliphatic heterocycles. The van der Waals surface area contributed by atoms with E-state index < -0.39 is 0 Å². The molecule has 1 atom stereocenters. The molecule has 3 nitrogen and oxygen atoms in total. The summed E-state index contributed by atoms with van der Waals surface area (Å²) in [6, 6.07) is 9.49. The molecule has 0 fully saturated rings. The van der Waals surface area contributed by atoms with Gasteiger partial charge in [0, 0.05) is 15.5 Å². The van der Waals surface area contributed by atoms with Gasteiger partial charge in [-0.15, -0.1) is 11.3 Å². The molecule has 2 N–H and O–H groups in total. The molecule has 1 heterocycles. The van der Waals surface area contributed by atoms with E-state index in [4.69, 9.17) is 23.2 Å². The van der Waals surface area contributed by atoms with Crippen LogP contribution < -0.4 is 10.2 Å². The number of rotatable bonds is 7. The number of nitrogens with one attached hydrogen (secondary N) is 2. The number of halogens is 2. The summed E-state index contributed by atoms with van der Waals surface area (Å²) in [6.07, 6.45) is 0. The van der Waals surface area contributed by atoms with E-state index in [1.807, 2.05) is 29.6 Å². The Kier molecular flexibility index (Phi) is 6.70. The highest BCUT2D eigenvalue weighted by Gasteiger charge is 2.15. The highest BCUT2D eigenvalue weighted by Crippen LogP contribution is 2.20. The Labute approximate surface area is 144 Å². The van der Waals surface area contributed by atoms with Crippen molar-refractivity contribution in [2.45, 2.75) is 20.0 Å². The number of thiophene rings is 1. The average Bonchev–Trinajstić information content (AvgIpc) is 3.00. The van der Waals surface area contributed by atoms with Gasteiger partial charge in [0.25, 0.3) is 5.91 Å². The maximum atomic E-state index is 12.1. The molecule has 2 rings (SSSR count). The van der Waals surface area contributed by atoms with E-state index in [-0.39, 0.29) is 5.91 Å². The second kappa shape index (κ2) is 8.53. The fourth-order valence-electron chi connectivity index (χ4n) is 2.14. The molecule has 1 unspecified atom stereocenters. The number of carbonyl (C=O) groups excluding carboxylic acids is 1. The van der Waals surface area contributed by atoms with Gasteiger partial charge in [-0.3, -0.25) is 4.79 Å². The predicted molar refractivity (Wildman–Crippen MR) is 92.7 cm³/mol. The Morgan fingerprint density at radius 2 is 2.14 bits per heavy atom. The summed E-state index contributed by atoms with van der Waals surface area (Å²) >= 11 is 13.8. The number of hydrogen-bond acceptors (Lipinski definition) is 2. The number of amides is 1.